The molecule has 126 valence electrons. The van der Waals surface area contributed by atoms with E-state index in [4.69, 9.17) is 4.52 Å². The number of aryl methyl sites for hydroxylation is 1. The number of halogens is 1. The molecule has 2 amide bonds. The molecular weight excluding hydrogens is 313 g/mol. The fourth-order valence-corrected chi connectivity index (χ4v) is 2.77. The summed E-state index contributed by atoms with van der Waals surface area (Å²) in [6, 6.07) is 7.15. The van der Waals surface area contributed by atoms with E-state index in [1.54, 1.807) is 17.9 Å². The lowest BCUT2D eigenvalue weighted by molar-refractivity contribution is -0.121. The Morgan fingerprint density at radius 2 is 1.92 bits per heavy atom. The molecule has 1 aromatic carbocycles. The standard InChI is InChI=1S/C17H18FN3O3/c1-11-10-15(20-24-11)19-16(22)12-6-8-21(9-7-12)17(23)13-2-4-14(18)5-3-13/h2-5,10,12H,6-9H2,1H3,(H,19,20,22). The number of benzene rings is 1. The fraction of sp³-hybridized carbons (Fsp3) is 0.353. The molecule has 7 heteroatoms. The van der Waals surface area contributed by atoms with Crippen LogP contribution in [0.15, 0.2) is 34.9 Å². The van der Waals surface area contributed by atoms with E-state index in [1.807, 2.05) is 0 Å². The molecule has 0 aliphatic carbocycles. The average Bonchev–Trinajstić information content (AvgIpc) is 3.00. The molecule has 1 fully saturated rings. The molecule has 2 heterocycles. The molecule has 1 saturated heterocycles. The maximum atomic E-state index is 12.9. The van der Waals surface area contributed by atoms with E-state index in [0.29, 0.717) is 43.1 Å². The Bertz CT molecular complexity index is 734. The van der Waals surface area contributed by atoms with E-state index in [1.165, 1.54) is 24.3 Å². The van der Waals surface area contributed by atoms with Crippen molar-refractivity contribution >= 4 is 17.6 Å². The Morgan fingerprint density at radius 1 is 1.25 bits per heavy atom. The van der Waals surface area contributed by atoms with Crippen molar-refractivity contribution in [2.45, 2.75) is 19.8 Å². The molecular formula is C17H18FN3O3. The summed E-state index contributed by atoms with van der Waals surface area (Å²) in [7, 11) is 0. The molecule has 0 atom stereocenters. The maximum absolute atomic E-state index is 12.9. The smallest absolute Gasteiger partial charge is 0.253 e. The lowest BCUT2D eigenvalue weighted by Crippen LogP contribution is -2.41. The number of nitrogens with zero attached hydrogens (tertiary/aromatic N) is 2. The first-order chi connectivity index (χ1) is 11.5. The van der Waals surface area contributed by atoms with Crippen molar-refractivity contribution in [3.63, 3.8) is 0 Å². The highest BCUT2D eigenvalue weighted by Crippen LogP contribution is 2.21. The van der Waals surface area contributed by atoms with Gasteiger partial charge in [-0.25, -0.2) is 4.39 Å². The van der Waals surface area contributed by atoms with Gasteiger partial charge in [0, 0.05) is 30.6 Å². The third kappa shape index (κ3) is 3.61. The predicted octanol–water partition coefficient (Wildman–Crippen LogP) is 2.61. The van der Waals surface area contributed by atoms with E-state index in [-0.39, 0.29) is 23.5 Å². The van der Waals surface area contributed by atoms with Crippen molar-refractivity contribution in [1.29, 1.82) is 0 Å². The van der Waals surface area contributed by atoms with Crippen molar-refractivity contribution in [1.82, 2.24) is 10.1 Å². The third-order valence-corrected chi connectivity index (χ3v) is 4.12. The first-order valence-corrected chi connectivity index (χ1v) is 7.82. The zero-order chi connectivity index (χ0) is 17.1. The number of likely N-dealkylation sites (tertiary alicyclic amines) is 1. The predicted molar refractivity (Wildman–Crippen MR) is 84.9 cm³/mol. The van der Waals surface area contributed by atoms with Crippen molar-refractivity contribution in [2.75, 3.05) is 18.4 Å². The highest BCUT2D eigenvalue weighted by molar-refractivity contribution is 5.95. The van der Waals surface area contributed by atoms with E-state index >= 15 is 0 Å². The number of aromatic nitrogens is 1. The molecule has 1 aliphatic rings. The number of rotatable bonds is 3. The topological polar surface area (TPSA) is 75.4 Å². The summed E-state index contributed by atoms with van der Waals surface area (Å²) in [4.78, 5) is 26.3. The van der Waals surface area contributed by atoms with Gasteiger partial charge in [-0.05, 0) is 44.0 Å². The summed E-state index contributed by atoms with van der Waals surface area (Å²) < 4.78 is 17.8. The van der Waals surface area contributed by atoms with Gasteiger partial charge in [-0.1, -0.05) is 5.16 Å². The molecule has 0 bridgehead atoms. The lowest BCUT2D eigenvalue weighted by Gasteiger charge is -2.31. The van der Waals surface area contributed by atoms with Crippen molar-refractivity contribution in [3.05, 3.63) is 47.5 Å². The van der Waals surface area contributed by atoms with Crippen LogP contribution in [0.1, 0.15) is 29.0 Å². The highest BCUT2D eigenvalue weighted by Gasteiger charge is 2.28. The molecule has 1 aromatic heterocycles. The van der Waals surface area contributed by atoms with Crippen LogP contribution in [0.4, 0.5) is 10.2 Å². The van der Waals surface area contributed by atoms with Gasteiger partial charge in [-0.3, -0.25) is 9.59 Å². The molecule has 2 aromatic rings. The summed E-state index contributed by atoms with van der Waals surface area (Å²) in [6.07, 6.45) is 1.16. The van der Waals surface area contributed by atoms with Crippen LogP contribution in [-0.2, 0) is 4.79 Å². The van der Waals surface area contributed by atoms with Gasteiger partial charge in [0.05, 0.1) is 0 Å². The summed E-state index contributed by atoms with van der Waals surface area (Å²) in [5.41, 5.74) is 0.456. The number of amides is 2. The van der Waals surface area contributed by atoms with Crippen LogP contribution in [0, 0.1) is 18.7 Å². The Kier molecular flexibility index (Phi) is 4.59. The Hall–Kier alpha value is -2.70. The zero-order valence-corrected chi connectivity index (χ0v) is 13.3. The van der Waals surface area contributed by atoms with Gasteiger partial charge in [0.25, 0.3) is 5.91 Å². The SMILES string of the molecule is Cc1cc(NC(=O)C2CCN(C(=O)c3ccc(F)cc3)CC2)no1. The van der Waals surface area contributed by atoms with Crippen LogP contribution < -0.4 is 5.32 Å². The first-order valence-electron chi connectivity index (χ1n) is 7.82. The molecule has 1 N–H and O–H groups in total. The minimum Gasteiger partial charge on any atom is -0.360 e. The normalized spacial score (nSPS) is 15.3. The van der Waals surface area contributed by atoms with Crippen LogP contribution in [-0.4, -0.2) is 35.0 Å². The number of hydrogen-bond acceptors (Lipinski definition) is 4. The summed E-state index contributed by atoms with van der Waals surface area (Å²) in [6.45, 7) is 2.74. The number of anilines is 1. The van der Waals surface area contributed by atoms with Gasteiger partial charge < -0.3 is 14.7 Å². The fourth-order valence-electron chi connectivity index (χ4n) is 2.77. The van der Waals surface area contributed by atoms with E-state index in [0.717, 1.165) is 0 Å². The Morgan fingerprint density at radius 3 is 2.50 bits per heavy atom. The molecule has 6 nitrogen and oxygen atoms in total. The van der Waals surface area contributed by atoms with Gasteiger partial charge in [-0.2, -0.15) is 0 Å². The zero-order valence-electron chi connectivity index (χ0n) is 13.3. The monoisotopic (exact) mass is 331 g/mol. The van der Waals surface area contributed by atoms with Gasteiger partial charge in [0.2, 0.25) is 5.91 Å². The molecule has 0 saturated carbocycles. The van der Waals surface area contributed by atoms with Gasteiger partial charge >= 0.3 is 0 Å². The van der Waals surface area contributed by atoms with Crippen LogP contribution >= 0.6 is 0 Å². The number of piperidine rings is 1. The van der Waals surface area contributed by atoms with Crippen molar-refractivity contribution < 1.29 is 18.5 Å². The second-order valence-electron chi connectivity index (χ2n) is 5.89. The minimum absolute atomic E-state index is 0.114. The number of carbonyl (C=O) groups is 2. The minimum atomic E-state index is -0.370. The first kappa shape index (κ1) is 16.2. The van der Waals surface area contributed by atoms with Gasteiger partial charge in [0.15, 0.2) is 5.82 Å². The van der Waals surface area contributed by atoms with Gasteiger partial charge in [-0.15, -0.1) is 0 Å². The molecule has 0 spiro atoms. The third-order valence-electron chi connectivity index (χ3n) is 4.12. The molecule has 0 radical (unpaired) electrons. The number of carbonyl (C=O) groups excluding carboxylic acids is 2. The Labute approximate surface area is 138 Å². The summed E-state index contributed by atoms with van der Waals surface area (Å²) in [5.74, 6) is 0.245. The average molecular weight is 331 g/mol. The van der Waals surface area contributed by atoms with E-state index in [9.17, 15) is 14.0 Å². The largest absolute Gasteiger partial charge is 0.360 e. The van der Waals surface area contributed by atoms with Gasteiger partial charge in [0.1, 0.15) is 11.6 Å². The van der Waals surface area contributed by atoms with Crippen LogP contribution in [0.3, 0.4) is 0 Å². The van der Waals surface area contributed by atoms with E-state index in [2.05, 4.69) is 10.5 Å². The molecule has 24 heavy (non-hydrogen) atoms. The van der Waals surface area contributed by atoms with E-state index < -0.39 is 0 Å². The lowest BCUT2D eigenvalue weighted by atomic mass is 9.95. The molecule has 3 rings (SSSR count). The number of hydrogen-bond donors (Lipinski definition) is 1. The summed E-state index contributed by atoms with van der Waals surface area (Å²) in [5, 5.41) is 6.46. The number of nitrogens with one attached hydrogen (secondary N) is 1. The second kappa shape index (κ2) is 6.82. The van der Waals surface area contributed by atoms with Crippen molar-refractivity contribution in [3.8, 4) is 0 Å². The Balaban J connectivity index is 1.54. The molecule has 0 unspecified atom stereocenters. The van der Waals surface area contributed by atoms with Crippen LogP contribution in [0.5, 0.6) is 0 Å². The maximum Gasteiger partial charge on any atom is 0.253 e. The summed E-state index contributed by atoms with van der Waals surface area (Å²) >= 11 is 0. The second-order valence-corrected chi connectivity index (χ2v) is 5.89. The van der Waals surface area contributed by atoms with Crippen molar-refractivity contribution in [2.24, 2.45) is 5.92 Å². The molecule has 1 aliphatic heterocycles. The highest BCUT2D eigenvalue weighted by atomic mass is 19.1. The van der Waals surface area contributed by atoms with Crippen LogP contribution in [0.25, 0.3) is 0 Å². The quantitative estimate of drug-likeness (QED) is 0.938. The van der Waals surface area contributed by atoms with Crippen LogP contribution in [0.2, 0.25) is 0 Å².